The summed E-state index contributed by atoms with van der Waals surface area (Å²) in [6, 6.07) is 4.59. The Morgan fingerprint density at radius 2 is 2.29 bits per heavy atom. The van der Waals surface area contributed by atoms with E-state index >= 15 is 0 Å². The second-order valence-corrected chi connectivity index (χ2v) is 7.42. The van der Waals surface area contributed by atoms with Gasteiger partial charge in [0, 0.05) is 6.54 Å². The molecule has 1 aliphatic heterocycles. The van der Waals surface area contributed by atoms with E-state index in [1.807, 2.05) is 0 Å². The number of carboxylic acids is 1. The normalized spacial score (nSPS) is 20.7. The van der Waals surface area contributed by atoms with Crippen molar-refractivity contribution in [2.45, 2.75) is 18.1 Å². The summed E-state index contributed by atoms with van der Waals surface area (Å²) in [6.45, 7) is 0.251. The molecule has 1 aliphatic rings. The van der Waals surface area contributed by atoms with Gasteiger partial charge in [-0.2, -0.15) is 4.98 Å². The van der Waals surface area contributed by atoms with Crippen molar-refractivity contribution in [1.82, 2.24) is 4.98 Å². The molecule has 112 valence electrons. The number of aromatic nitrogens is 1. The fourth-order valence-electron chi connectivity index (χ4n) is 2.42. The number of benzene rings is 1. The summed E-state index contributed by atoms with van der Waals surface area (Å²) in [6.07, 6.45) is 1.32. The van der Waals surface area contributed by atoms with E-state index < -0.39 is 21.1 Å². The number of rotatable bonds is 4. The van der Waals surface area contributed by atoms with E-state index in [4.69, 9.17) is 9.52 Å². The van der Waals surface area contributed by atoms with E-state index in [1.54, 1.807) is 6.07 Å². The molecule has 0 bridgehead atoms. The van der Waals surface area contributed by atoms with Gasteiger partial charge in [0.1, 0.15) is 5.52 Å². The Morgan fingerprint density at radius 3 is 2.95 bits per heavy atom. The third-order valence-electron chi connectivity index (χ3n) is 3.58. The van der Waals surface area contributed by atoms with Crippen LogP contribution in [0.2, 0.25) is 0 Å². The lowest BCUT2D eigenvalue weighted by Crippen LogP contribution is -2.25. The first kappa shape index (κ1) is 13.9. The molecule has 2 aromatic rings. The standard InChI is InChI=1S/C13H14N2O5S/c16-12(17)8-3-4-10-11(6-8)20-13(15-10)14-7-9-2-1-5-21(9,18)19/h3-4,6,9H,1-2,5,7H2,(H,14,15)(H,16,17). The van der Waals surface area contributed by atoms with Gasteiger partial charge in [-0.25, -0.2) is 13.2 Å². The third-order valence-corrected chi connectivity index (χ3v) is 5.85. The molecule has 21 heavy (non-hydrogen) atoms. The lowest BCUT2D eigenvalue weighted by atomic mass is 10.2. The predicted octanol–water partition coefficient (Wildman–Crippen LogP) is 1.52. The van der Waals surface area contributed by atoms with Crippen LogP contribution in [0.1, 0.15) is 23.2 Å². The van der Waals surface area contributed by atoms with Gasteiger partial charge in [0.2, 0.25) is 0 Å². The van der Waals surface area contributed by atoms with E-state index in [9.17, 15) is 13.2 Å². The van der Waals surface area contributed by atoms with Gasteiger partial charge in [0.25, 0.3) is 6.01 Å². The van der Waals surface area contributed by atoms with E-state index in [0.717, 1.165) is 0 Å². The topological polar surface area (TPSA) is 109 Å². The Bertz CT molecular complexity index is 796. The maximum absolute atomic E-state index is 11.7. The van der Waals surface area contributed by atoms with Crippen LogP contribution in [0, 0.1) is 0 Å². The van der Waals surface area contributed by atoms with E-state index in [1.165, 1.54) is 12.1 Å². The van der Waals surface area contributed by atoms with Crippen molar-refractivity contribution in [3.05, 3.63) is 23.8 Å². The quantitative estimate of drug-likeness (QED) is 0.880. The Kier molecular flexibility index (Phi) is 3.32. The fraction of sp³-hybridized carbons (Fsp3) is 0.385. The number of oxazole rings is 1. The summed E-state index contributed by atoms with van der Waals surface area (Å²) in [5.41, 5.74) is 0.993. The van der Waals surface area contributed by atoms with E-state index in [2.05, 4.69) is 10.3 Å². The molecular weight excluding hydrogens is 296 g/mol. The molecule has 1 saturated heterocycles. The minimum atomic E-state index is -3.01. The number of hydrogen-bond donors (Lipinski definition) is 2. The summed E-state index contributed by atoms with van der Waals surface area (Å²) >= 11 is 0. The second kappa shape index (κ2) is 5.03. The minimum Gasteiger partial charge on any atom is -0.478 e. The zero-order chi connectivity index (χ0) is 15.0. The average molecular weight is 310 g/mol. The molecule has 2 heterocycles. The largest absolute Gasteiger partial charge is 0.478 e. The Labute approximate surface area is 120 Å². The van der Waals surface area contributed by atoms with Crippen LogP contribution in [-0.4, -0.2) is 42.0 Å². The first-order chi connectivity index (χ1) is 9.95. The number of nitrogens with zero attached hydrogens (tertiary/aromatic N) is 1. The molecule has 0 spiro atoms. The summed E-state index contributed by atoms with van der Waals surface area (Å²) in [7, 11) is -3.01. The molecule has 1 aromatic carbocycles. The molecule has 0 saturated carbocycles. The molecule has 1 aromatic heterocycles. The lowest BCUT2D eigenvalue weighted by molar-refractivity contribution is 0.0697. The number of carboxylic acid groups (broad SMARTS) is 1. The van der Waals surface area contributed by atoms with E-state index in [0.29, 0.717) is 23.9 Å². The molecule has 1 unspecified atom stereocenters. The molecule has 0 aliphatic carbocycles. The smallest absolute Gasteiger partial charge is 0.335 e. The van der Waals surface area contributed by atoms with Gasteiger partial charge in [-0.15, -0.1) is 0 Å². The number of fused-ring (bicyclic) bond motifs is 1. The highest BCUT2D eigenvalue weighted by Gasteiger charge is 2.31. The Hall–Kier alpha value is -2.09. The summed E-state index contributed by atoms with van der Waals surface area (Å²) in [5, 5.41) is 11.4. The molecule has 1 atom stereocenters. The molecule has 8 heteroatoms. The molecule has 1 fully saturated rings. The van der Waals surface area contributed by atoms with Crippen LogP contribution in [0.4, 0.5) is 6.01 Å². The van der Waals surface area contributed by atoms with Crippen molar-refractivity contribution in [2.75, 3.05) is 17.6 Å². The minimum absolute atomic E-state index is 0.114. The highest BCUT2D eigenvalue weighted by atomic mass is 32.2. The van der Waals surface area contributed by atoms with E-state index in [-0.39, 0.29) is 23.9 Å². The van der Waals surface area contributed by atoms with Gasteiger partial charge in [0.05, 0.1) is 16.6 Å². The fourth-order valence-corrected chi connectivity index (χ4v) is 4.19. The molecular formula is C13H14N2O5S. The van der Waals surface area contributed by atoms with Crippen molar-refractivity contribution >= 4 is 32.9 Å². The average Bonchev–Trinajstić information content (AvgIpc) is 2.97. The number of carbonyl (C=O) groups is 1. The molecule has 7 nitrogen and oxygen atoms in total. The molecule has 2 N–H and O–H groups in total. The van der Waals surface area contributed by atoms with Gasteiger partial charge in [-0.3, -0.25) is 0 Å². The van der Waals surface area contributed by atoms with Crippen LogP contribution in [0.15, 0.2) is 22.6 Å². The van der Waals surface area contributed by atoms with Gasteiger partial charge in [0.15, 0.2) is 15.4 Å². The lowest BCUT2D eigenvalue weighted by Gasteiger charge is -2.08. The van der Waals surface area contributed by atoms with Crippen LogP contribution in [-0.2, 0) is 9.84 Å². The van der Waals surface area contributed by atoms with Crippen molar-refractivity contribution in [3.8, 4) is 0 Å². The van der Waals surface area contributed by atoms with Gasteiger partial charge in [-0.05, 0) is 31.0 Å². The van der Waals surface area contributed by atoms with Gasteiger partial charge < -0.3 is 14.8 Å². The van der Waals surface area contributed by atoms with Crippen LogP contribution < -0.4 is 5.32 Å². The SMILES string of the molecule is O=C(O)c1ccc2nc(NCC3CCCS3(=O)=O)oc2c1. The number of hydrogen-bond acceptors (Lipinski definition) is 6. The maximum Gasteiger partial charge on any atom is 0.335 e. The number of nitrogens with one attached hydrogen (secondary N) is 1. The van der Waals surface area contributed by atoms with Crippen molar-refractivity contribution < 1.29 is 22.7 Å². The predicted molar refractivity (Wildman–Crippen MR) is 76.3 cm³/mol. The highest BCUT2D eigenvalue weighted by molar-refractivity contribution is 7.92. The highest BCUT2D eigenvalue weighted by Crippen LogP contribution is 2.23. The zero-order valence-electron chi connectivity index (χ0n) is 11.1. The monoisotopic (exact) mass is 310 g/mol. The second-order valence-electron chi connectivity index (χ2n) is 5.02. The zero-order valence-corrected chi connectivity index (χ0v) is 11.9. The summed E-state index contributed by atoms with van der Waals surface area (Å²) in [4.78, 5) is 15.0. The van der Waals surface area contributed by atoms with Crippen molar-refractivity contribution in [1.29, 1.82) is 0 Å². The Balaban J connectivity index is 1.77. The third kappa shape index (κ3) is 2.71. The van der Waals surface area contributed by atoms with Gasteiger partial charge >= 0.3 is 5.97 Å². The van der Waals surface area contributed by atoms with Gasteiger partial charge in [-0.1, -0.05) is 0 Å². The number of sulfone groups is 1. The summed E-state index contributed by atoms with van der Waals surface area (Å²) < 4.78 is 28.8. The van der Waals surface area contributed by atoms with Crippen LogP contribution >= 0.6 is 0 Å². The molecule has 3 rings (SSSR count). The summed E-state index contributed by atoms with van der Waals surface area (Å²) in [5.74, 6) is -0.811. The van der Waals surface area contributed by atoms with Crippen LogP contribution in [0.3, 0.4) is 0 Å². The maximum atomic E-state index is 11.7. The molecule has 0 amide bonds. The first-order valence-corrected chi connectivity index (χ1v) is 8.26. The van der Waals surface area contributed by atoms with Crippen LogP contribution in [0.5, 0.6) is 0 Å². The van der Waals surface area contributed by atoms with Crippen molar-refractivity contribution in [2.24, 2.45) is 0 Å². The van der Waals surface area contributed by atoms with Crippen molar-refractivity contribution in [3.63, 3.8) is 0 Å². The van der Waals surface area contributed by atoms with Crippen LogP contribution in [0.25, 0.3) is 11.1 Å². The number of aromatic carboxylic acids is 1. The molecule has 0 radical (unpaired) electrons. The number of anilines is 1. The first-order valence-electron chi connectivity index (χ1n) is 6.55. The Morgan fingerprint density at radius 1 is 1.48 bits per heavy atom.